The lowest BCUT2D eigenvalue weighted by Crippen LogP contribution is -2.00. The van der Waals surface area contributed by atoms with E-state index in [2.05, 4.69) is 15.0 Å². The molecule has 0 aliphatic carbocycles. The molecule has 4 aromatic rings. The van der Waals surface area contributed by atoms with E-state index in [0.29, 0.717) is 17.2 Å². The first-order valence-electron chi connectivity index (χ1n) is 7.04. The number of benzene rings is 1. The highest BCUT2D eigenvalue weighted by Gasteiger charge is 2.15. The van der Waals surface area contributed by atoms with Gasteiger partial charge in [-0.25, -0.2) is 9.37 Å². The Morgan fingerprint density at radius 3 is 2.48 bits per heavy atom. The van der Waals surface area contributed by atoms with Gasteiger partial charge in [0.2, 0.25) is 5.95 Å². The summed E-state index contributed by atoms with van der Waals surface area (Å²) in [4.78, 5) is 13.1. The fraction of sp³-hybridized carbons (Fsp3) is 0. The summed E-state index contributed by atoms with van der Waals surface area (Å²) in [5, 5.41) is 0. The van der Waals surface area contributed by atoms with Crippen molar-refractivity contribution in [3.05, 3.63) is 66.7 Å². The molecule has 0 aliphatic rings. The number of fused-ring (bicyclic) bond motifs is 1. The van der Waals surface area contributed by atoms with Crippen LogP contribution in [0, 0.1) is 5.82 Å². The van der Waals surface area contributed by atoms with Gasteiger partial charge in [-0.2, -0.15) is 0 Å². The highest BCUT2D eigenvalue weighted by Crippen LogP contribution is 2.28. The monoisotopic (exact) mass is 305 g/mol. The predicted octanol–water partition coefficient (Wildman–Crippen LogP) is 3.20. The van der Waals surface area contributed by atoms with Gasteiger partial charge in [-0.05, 0) is 42.5 Å². The van der Waals surface area contributed by atoms with E-state index >= 15 is 0 Å². The van der Waals surface area contributed by atoms with Crippen LogP contribution in [0.15, 0.2) is 60.9 Å². The minimum atomic E-state index is -0.299. The molecule has 0 bridgehead atoms. The molecule has 5 nitrogen and oxygen atoms in total. The van der Waals surface area contributed by atoms with Crippen LogP contribution in [0.25, 0.3) is 28.1 Å². The third-order valence-electron chi connectivity index (χ3n) is 3.59. The number of nitrogens with zero attached hydrogens (tertiary/aromatic N) is 4. The van der Waals surface area contributed by atoms with Crippen molar-refractivity contribution in [2.75, 3.05) is 5.73 Å². The van der Waals surface area contributed by atoms with E-state index < -0.39 is 0 Å². The molecule has 3 heterocycles. The summed E-state index contributed by atoms with van der Waals surface area (Å²) < 4.78 is 14.9. The van der Waals surface area contributed by atoms with Crippen molar-refractivity contribution < 1.29 is 4.39 Å². The van der Waals surface area contributed by atoms with Gasteiger partial charge < -0.3 is 5.73 Å². The van der Waals surface area contributed by atoms with Crippen molar-refractivity contribution >= 4 is 17.0 Å². The Kier molecular flexibility index (Phi) is 3.01. The lowest BCUT2D eigenvalue weighted by Gasteiger charge is -2.06. The highest BCUT2D eigenvalue weighted by molar-refractivity contribution is 5.91. The van der Waals surface area contributed by atoms with Crippen LogP contribution in [0.2, 0.25) is 0 Å². The molecule has 23 heavy (non-hydrogen) atoms. The van der Waals surface area contributed by atoms with Crippen LogP contribution in [0.4, 0.5) is 10.3 Å². The number of pyridine rings is 2. The van der Waals surface area contributed by atoms with Gasteiger partial charge in [0.1, 0.15) is 17.0 Å². The third kappa shape index (κ3) is 2.20. The zero-order chi connectivity index (χ0) is 15.8. The maximum atomic E-state index is 13.2. The average Bonchev–Trinajstić information content (AvgIpc) is 2.92. The molecule has 0 unspecified atom stereocenters. The van der Waals surface area contributed by atoms with Crippen LogP contribution in [0.1, 0.15) is 0 Å². The Bertz CT molecular complexity index is 977. The summed E-state index contributed by atoms with van der Waals surface area (Å²) in [7, 11) is 0. The predicted molar refractivity (Wildman–Crippen MR) is 86.5 cm³/mol. The maximum absolute atomic E-state index is 13.2. The number of halogens is 1. The summed E-state index contributed by atoms with van der Waals surface area (Å²) >= 11 is 0. The molecule has 2 N–H and O–H groups in total. The van der Waals surface area contributed by atoms with Gasteiger partial charge in [-0.15, -0.1) is 0 Å². The SMILES string of the molecule is Nc1nc2c(-c3ccccn3)nccc2n1-c1ccc(F)cc1. The van der Waals surface area contributed by atoms with Gasteiger partial charge in [-0.1, -0.05) is 6.07 Å². The Morgan fingerprint density at radius 1 is 0.913 bits per heavy atom. The molecule has 0 saturated heterocycles. The zero-order valence-corrected chi connectivity index (χ0v) is 12.0. The molecular weight excluding hydrogens is 293 g/mol. The van der Waals surface area contributed by atoms with Gasteiger partial charge in [0.15, 0.2) is 0 Å². The van der Waals surface area contributed by atoms with E-state index in [9.17, 15) is 4.39 Å². The number of nitrogen functional groups attached to an aromatic ring is 1. The summed E-state index contributed by atoms with van der Waals surface area (Å²) in [6.07, 6.45) is 3.39. The van der Waals surface area contributed by atoms with E-state index in [-0.39, 0.29) is 5.82 Å². The molecule has 0 radical (unpaired) electrons. The van der Waals surface area contributed by atoms with Gasteiger partial charge in [0.05, 0.1) is 11.2 Å². The molecule has 4 rings (SSSR count). The first-order valence-corrected chi connectivity index (χ1v) is 7.04. The molecule has 0 aliphatic heterocycles. The maximum Gasteiger partial charge on any atom is 0.206 e. The topological polar surface area (TPSA) is 69.6 Å². The van der Waals surface area contributed by atoms with E-state index in [0.717, 1.165) is 16.9 Å². The quantitative estimate of drug-likeness (QED) is 0.617. The Balaban J connectivity index is 1.98. The summed E-state index contributed by atoms with van der Waals surface area (Å²) in [6, 6.07) is 13.5. The van der Waals surface area contributed by atoms with Gasteiger partial charge in [0.25, 0.3) is 0 Å². The van der Waals surface area contributed by atoms with Crippen molar-refractivity contribution in [2.45, 2.75) is 0 Å². The van der Waals surface area contributed by atoms with Crippen LogP contribution in [0.3, 0.4) is 0 Å². The minimum absolute atomic E-state index is 0.299. The van der Waals surface area contributed by atoms with E-state index in [4.69, 9.17) is 5.73 Å². The molecular formula is C17H12FN5. The van der Waals surface area contributed by atoms with Crippen molar-refractivity contribution in [3.8, 4) is 17.1 Å². The van der Waals surface area contributed by atoms with Gasteiger partial charge in [0, 0.05) is 18.1 Å². The molecule has 0 saturated carbocycles. The molecule has 0 amide bonds. The summed E-state index contributed by atoms with van der Waals surface area (Å²) in [5.74, 6) is 0.0179. The average molecular weight is 305 g/mol. The Morgan fingerprint density at radius 2 is 1.74 bits per heavy atom. The number of imidazole rings is 1. The van der Waals surface area contributed by atoms with Gasteiger partial charge in [-0.3, -0.25) is 14.5 Å². The lowest BCUT2D eigenvalue weighted by molar-refractivity contribution is 0.627. The van der Waals surface area contributed by atoms with Crippen molar-refractivity contribution in [1.29, 1.82) is 0 Å². The van der Waals surface area contributed by atoms with Crippen LogP contribution in [-0.2, 0) is 0 Å². The van der Waals surface area contributed by atoms with Crippen molar-refractivity contribution in [3.63, 3.8) is 0 Å². The Labute approximate surface area is 131 Å². The van der Waals surface area contributed by atoms with Crippen LogP contribution in [-0.4, -0.2) is 19.5 Å². The first-order chi connectivity index (χ1) is 11.2. The second-order valence-electron chi connectivity index (χ2n) is 5.02. The molecule has 0 fully saturated rings. The van der Waals surface area contributed by atoms with Gasteiger partial charge >= 0.3 is 0 Å². The molecule has 0 spiro atoms. The second-order valence-corrected chi connectivity index (χ2v) is 5.02. The molecule has 0 atom stereocenters. The standard InChI is InChI=1S/C17H12FN5/c18-11-4-6-12(7-5-11)23-14-8-10-21-15(16(14)22-17(23)19)13-3-1-2-9-20-13/h1-10H,(H2,19,22). The number of rotatable bonds is 2. The largest absolute Gasteiger partial charge is 0.369 e. The molecule has 3 aromatic heterocycles. The number of hydrogen-bond donors (Lipinski definition) is 1. The number of aromatic nitrogens is 4. The number of nitrogens with two attached hydrogens (primary N) is 1. The summed E-state index contributed by atoms with van der Waals surface area (Å²) in [6.45, 7) is 0. The van der Waals surface area contributed by atoms with E-state index in [1.807, 2.05) is 24.3 Å². The normalized spacial score (nSPS) is 11.0. The number of hydrogen-bond acceptors (Lipinski definition) is 4. The highest BCUT2D eigenvalue weighted by atomic mass is 19.1. The fourth-order valence-corrected chi connectivity index (χ4v) is 2.57. The van der Waals surface area contributed by atoms with E-state index in [1.54, 1.807) is 29.1 Å². The number of anilines is 1. The zero-order valence-electron chi connectivity index (χ0n) is 12.0. The van der Waals surface area contributed by atoms with Crippen molar-refractivity contribution in [2.24, 2.45) is 0 Å². The smallest absolute Gasteiger partial charge is 0.206 e. The van der Waals surface area contributed by atoms with Crippen LogP contribution >= 0.6 is 0 Å². The molecule has 1 aromatic carbocycles. The van der Waals surface area contributed by atoms with Crippen molar-refractivity contribution in [1.82, 2.24) is 19.5 Å². The second kappa shape index (κ2) is 5.17. The van der Waals surface area contributed by atoms with Crippen LogP contribution in [0.5, 0.6) is 0 Å². The summed E-state index contributed by atoms with van der Waals surface area (Å²) in [5.41, 5.74) is 9.66. The van der Waals surface area contributed by atoms with E-state index in [1.165, 1.54) is 12.1 Å². The fourth-order valence-electron chi connectivity index (χ4n) is 2.57. The molecule has 6 heteroatoms. The third-order valence-corrected chi connectivity index (χ3v) is 3.59. The molecule has 112 valence electrons. The lowest BCUT2D eigenvalue weighted by atomic mass is 10.2. The minimum Gasteiger partial charge on any atom is -0.369 e. The Hall–Kier alpha value is -3.28. The first kappa shape index (κ1) is 13.4. The van der Waals surface area contributed by atoms with Crippen LogP contribution < -0.4 is 5.73 Å².